The zero-order valence-electron chi connectivity index (χ0n) is 9.99. The van der Waals surface area contributed by atoms with Crippen LogP contribution in [0.5, 0.6) is 0 Å². The molecule has 2 unspecified atom stereocenters. The topological polar surface area (TPSA) is 179 Å². The number of imide groups is 2. The third kappa shape index (κ3) is 3.23. The average Bonchev–Trinajstić information content (AvgIpc) is 2.14. The number of carbonyl (C=O) groups excluding carboxylic acids is 4. The Balaban J connectivity index is 5.22. The number of nitrogens with two attached hydrogens (primary N) is 4. The Morgan fingerprint density at radius 3 is 0.944 bits per heavy atom. The van der Waals surface area contributed by atoms with Crippen LogP contribution in [-0.4, -0.2) is 46.0 Å². The van der Waals surface area contributed by atoms with Crippen molar-refractivity contribution in [2.75, 3.05) is 0 Å². The number of carbonyl (C=O) groups is 4. The molecule has 0 aliphatic heterocycles. The minimum absolute atomic E-state index is 0.490. The van der Waals surface area contributed by atoms with E-state index in [1.54, 1.807) is 0 Å². The van der Waals surface area contributed by atoms with E-state index in [9.17, 15) is 19.2 Å². The zero-order chi connectivity index (χ0) is 14.6. The van der Waals surface area contributed by atoms with Gasteiger partial charge in [-0.15, -0.1) is 0 Å². The SMILES string of the molecule is CC(C(C)N(C(N)=O)C(N)=O)N(C(N)=O)C(N)=O. The second-order valence-corrected chi connectivity index (χ2v) is 3.57. The third-order valence-corrected chi connectivity index (χ3v) is 2.46. The molecule has 0 bridgehead atoms. The second kappa shape index (κ2) is 5.70. The van der Waals surface area contributed by atoms with Gasteiger partial charge in [0.05, 0.1) is 12.1 Å². The third-order valence-electron chi connectivity index (χ3n) is 2.46. The number of primary amides is 4. The number of urea groups is 4. The van der Waals surface area contributed by atoms with E-state index in [0.29, 0.717) is 9.80 Å². The zero-order valence-corrected chi connectivity index (χ0v) is 9.99. The highest BCUT2D eigenvalue weighted by atomic mass is 16.2. The van der Waals surface area contributed by atoms with Gasteiger partial charge in [-0.05, 0) is 13.8 Å². The Morgan fingerprint density at radius 1 is 0.667 bits per heavy atom. The van der Waals surface area contributed by atoms with Crippen molar-refractivity contribution < 1.29 is 19.2 Å². The number of amides is 8. The van der Waals surface area contributed by atoms with Gasteiger partial charge in [0.2, 0.25) is 0 Å². The Hall–Kier alpha value is -2.52. The molecule has 0 aliphatic carbocycles. The summed E-state index contributed by atoms with van der Waals surface area (Å²) in [7, 11) is 0. The van der Waals surface area contributed by atoms with E-state index in [0.717, 1.165) is 0 Å². The molecule has 0 saturated heterocycles. The molecule has 0 aromatic carbocycles. The Bertz CT molecular complexity index is 320. The first kappa shape index (κ1) is 15.5. The van der Waals surface area contributed by atoms with Crippen molar-refractivity contribution in [3.63, 3.8) is 0 Å². The standard InChI is InChI=1S/C8H16N6O4/c1-3(13(5(9)15)6(10)16)4(2)14(7(11)17)8(12)18/h3-4H,1-2H3,(H2,9,15)(H2,10,16)(H2,11,17)(H2,12,18). The fraction of sp³-hybridized carbons (Fsp3) is 0.500. The molecular weight excluding hydrogens is 244 g/mol. The van der Waals surface area contributed by atoms with E-state index in [1.807, 2.05) is 0 Å². The van der Waals surface area contributed by atoms with Crippen LogP contribution in [-0.2, 0) is 0 Å². The van der Waals surface area contributed by atoms with Crippen LogP contribution < -0.4 is 22.9 Å². The van der Waals surface area contributed by atoms with E-state index in [-0.39, 0.29) is 0 Å². The second-order valence-electron chi connectivity index (χ2n) is 3.57. The lowest BCUT2D eigenvalue weighted by Gasteiger charge is -2.33. The van der Waals surface area contributed by atoms with Crippen LogP contribution in [0.4, 0.5) is 19.2 Å². The van der Waals surface area contributed by atoms with Gasteiger partial charge in [-0.2, -0.15) is 0 Å². The normalized spacial score (nSPS) is 13.2. The highest BCUT2D eigenvalue weighted by molar-refractivity contribution is 5.94. The lowest BCUT2D eigenvalue weighted by molar-refractivity contribution is 0.141. The van der Waals surface area contributed by atoms with Gasteiger partial charge < -0.3 is 22.9 Å². The number of rotatable bonds is 3. The van der Waals surface area contributed by atoms with E-state index >= 15 is 0 Å². The fourth-order valence-electron chi connectivity index (χ4n) is 1.45. The molecule has 0 aliphatic rings. The summed E-state index contributed by atoms with van der Waals surface area (Å²) in [5.41, 5.74) is 19.9. The molecule has 10 nitrogen and oxygen atoms in total. The van der Waals surface area contributed by atoms with Crippen LogP contribution in [0.15, 0.2) is 0 Å². The molecule has 0 saturated carbocycles. The molecule has 0 spiro atoms. The van der Waals surface area contributed by atoms with Crippen molar-refractivity contribution in [2.24, 2.45) is 22.9 Å². The van der Waals surface area contributed by atoms with Crippen molar-refractivity contribution in [3.05, 3.63) is 0 Å². The van der Waals surface area contributed by atoms with Gasteiger partial charge in [-0.3, -0.25) is 0 Å². The quantitative estimate of drug-likeness (QED) is 0.491. The van der Waals surface area contributed by atoms with Gasteiger partial charge in [0.25, 0.3) is 0 Å². The number of nitrogens with zero attached hydrogens (tertiary/aromatic N) is 2. The van der Waals surface area contributed by atoms with Gasteiger partial charge in [0.1, 0.15) is 0 Å². The number of hydrogen-bond acceptors (Lipinski definition) is 4. The lowest BCUT2D eigenvalue weighted by atomic mass is 10.1. The van der Waals surface area contributed by atoms with Crippen molar-refractivity contribution in [2.45, 2.75) is 25.9 Å². The summed E-state index contributed by atoms with van der Waals surface area (Å²) in [6.07, 6.45) is 0. The van der Waals surface area contributed by atoms with Crippen LogP contribution in [0.2, 0.25) is 0 Å². The van der Waals surface area contributed by atoms with Crippen LogP contribution in [0.25, 0.3) is 0 Å². The highest BCUT2D eigenvalue weighted by Gasteiger charge is 2.34. The van der Waals surface area contributed by atoms with E-state index in [4.69, 9.17) is 22.9 Å². The molecule has 0 heterocycles. The van der Waals surface area contributed by atoms with Crippen molar-refractivity contribution in [1.29, 1.82) is 0 Å². The maximum atomic E-state index is 11.0. The van der Waals surface area contributed by atoms with Gasteiger partial charge in [0, 0.05) is 0 Å². The Labute approximate surface area is 103 Å². The smallest absolute Gasteiger partial charge is 0.323 e. The highest BCUT2D eigenvalue weighted by Crippen LogP contribution is 2.11. The summed E-state index contributed by atoms with van der Waals surface area (Å²) in [4.78, 5) is 45.2. The first-order valence-electron chi connectivity index (χ1n) is 4.87. The molecule has 18 heavy (non-hydrogen) atoms. The Kier molecular flexibility index (Phi) is 4.90. The van der Waals surface area contributed by atoms with Gasteiger partial charge in [0.15, 0.2) is 0 Å². The van der Waals surface area contributed by atoms with E-state index in [2.05, 4.69) is 0 Å². The molecule has 0 radical (unpaired) electrons. The van der Waals surface area contributed by atoms with Crippen molar-refractivity contribution >= 4 is 24.1 Å². The summed E-state index contributed by atoms with van der Waals surface area (Å²) < 4.78 is 0. The van der Waals surface area contributed by atoms with Gasteiger partial charge >= 0.3 is 24.1 Å². The van der Waals surface area contributed by atoms with Gasteiger partial charge in [-0.1, -0.05) is 0 Å². The molecule has 102 valence electrons. The van der Waals surface area contributed by atoms with Crippen LogP contribution >= 0.6 is 0 Å². The average molecular weight is 260 g/mol. The fourth-order valence-corrected chi connectivity index (χ4v) is 1.45. The van der Waals surface area contributed by atoms with Crippen LogP contribution in [0, 0.1) is 0 Å². The predicted octanol–water partition coefficient (Wildman–Crippen LogP) is -1.32. The monoisotopic (exact) mass is 260 g/mol. The maximum Gasteiger partial charge on any atom is 0.323 e. The Morgan fingerprint density at radius 2 is 0.833 bits per heavy atom. The summed E-state index contributed by atoms with van der Waals surface area (Å²) in [6, 6.07) is -6.40. The largest absolute Gasteiger partial charge is 0.351 e. The number of hydrogen-bond donors (Lipinski definition) is 4. The van der Waals surface area contributed by atoms with Crippen molar-refractivity contribution in [3.8, 4) is 0 Å². The van der Waals surface area contributed by atoms with Crippen LogP contribution in [0.1, 0.15) is 13.8 Å². The molecule has 2 atom stereocenters. The van der Waals surface area contributed by atoms with Gasteiger partial charge in [-0.25, -0.2) is 29.0 Å². The predicted molar refractivity (Wildman–Crippen MR) is 60.9 cm³/mol. The molecule has 8 amide bonds. The summed E-state index contributed by atoms with van der Waals surface area (Å²) in [6.45, 7) is 2.72. The lowest BCUT2D eigenvalue weighted by Crippen LogP contribution is -2.60. The summed E-state index contributed by atoms with van der Waals surface area (Å²) >= 11 is 0. The maximum absolute atomic E-state index is 11.0. The van der Waals surface area contributed by atoms with Crippen LogP contribution in [0.3, 0.4) is 0 Å². The molecule has 8 N–H and O–H groups in total. The first-order valence-corrected chi connectivity index (χ1v) is 4.87. The molecule has 0 fully saturated rings. The van der Waals surface area contributed by atoms with Crippen molar-refractivity contribution in [1.82, 2.24) is 9.80 Å². The summed E-state index contributed by atoms with van der Waals surface area (Å²) in [5, 5.41) is 0. The van der Waals surface area contributed by atoms with E-state index in [1.165, 1.54) is 13.8 Å². The molecule has 0 aromatic rings. The molecule has 0 aromatic heterocycles. The molecular formula is C8H16N6O4. The minimum Gasteiger partial charge on any atom is -0.351 e. The molecule has 10 heteroatoms. The van der Waals surface area contributed by atoms with E-state index < -0.39 is 36.2 Å². The minimum atomic E-state index is -1.12. The summed E-state index contributed by atoms with van der Waals surface area (Å²) in [5.74, 6) is 0. The molecule has 0 rings (SSSR count). The first-order chi connectivity index (χ1) is 8.11.